The van der Waals surface area contributed by atoms with E-state index in [-0.39, 0.29) is 11.5 Å². The van der Waals surface area contributed by atoms with Crippen molar-refractivity contribution in [3.05, 3.63) is 29.3 Å². The summed E-state index contributed by atoms with van der Waals surface area (Å²) in [5, 5.41) is 20.2. The van der Waals surface area contributed by atoms with Crippen LogP contribution in [-0.4, -0.2) is 16.3 Å². The molecule has 1 aromatic carbocycles. The Hall–Kier alpha value is -1.02. The molecular weight excluding hydrogens is 260 g/mol. The number of fused-ring (bicyclic) bond motifs is 5. The van der Waals surface area contributed by atoms with Gasteiger partial charge in [-0.1, -0.05) is 19.9 Å². The number of phenols is 1. The number of aliphatic hydroxyl groups is 1. The normalized spacial score (nSPS) is 44.8. The van der Waals surface area contributed by atoms with Gasteiger partial charge in [0.25, 0.3) is 0 Å². The van der Waals surface area contributed by atoms with Gasteiger partial charge >= 0.3 is 0 Å². The summed E-state index contributed by atoms with van der Waals surface area (Å²) < 4.78 is 0. The number of benzene rings is 1. The number of rotatable bonds is 0. The molecule has 0 bridgehead atoms. The molecule has 0 heterocycles. The summed E-state index contributed by atoms with van der Waals surface area (Å²) in [4.78, 5) is 0. The summed E-state index contributed by atoms with van der Waals surface area (Å²) in [5.74, 6) is 3.06. The van der Waals surface area contributed by atoms with Gasteiger partial charge in [0.2, 0.25) is 0 Å². The fraction of sp³-hybridized carbons (Fsp3) is 0.684. The zero-order valence-electron chi connectivity index (χ0n) is 13.0. The maximum atomic E-state index is 10.5. The highest BCUT2D eigenvalue weighted by Crippen LogP contribution is 2.62. The van der Waals surface area contributed by atoms with Crippen molar-refractivity contribution < 1.29 is 10.2 Å². The molecule has 3 aliphatic rings. The average molecular weight is 286 g/mol. The molecule has 2 N–H and O–H groups in total. The molecule has 0 radical (unpaired) electrons. The second-order valence-corrected chi connectivity index (χ2v) is 7.99. The molecule has 3 aliphatic carbocycles. The lowest BCUT2D eigenvalue weighted by atomic mass is 9.53. The summed E-state index contributed by atoms with van der Waals surface area (Å²) in [6, 6.07) is 5.98. The van der Waals surface area contributed by atoms with Gasteiger partial charge < -0.3 is 10.2 Å². The average Bonchev–Trinajstić information content (AvgIpc) is 2.74. The van der Waals surface area contributed by atoms with Crippen LogP contribution in [0.2, 0.25) is 0 Å². The molecule has 4 unspecified atom stereocenters. The lowest BCUT2D eigenvalue weighted by molar-refractivity contribution is -0.0356. The third-order valence-corrected chi connectivity index (χ3v) is 7.01. The molecule has 0 aromatic heterocycles. The van der Waals surface area contributed by atoms with Gasteiger partial charge in [0, 0.05) is 0 Å². The summed E-state index contributed by atoms with van der Waals surface area (Å²) in [6.45, 7) is 4.70. The highest BCUT2D eigenvalue weighted by molar-refractivity contribution is 5.40. The summed E-state index contributed by atoms with van der Waals surface area (Å²) in [6.07, 6.45) is 5.49. The van der Waals surface area contributed by atoms with Gasteiger partial charge in [0.05, 0.1) is 6.10 Å². The molecule has 4 rings (SSSR count). The molecule has 6 atom stereocenters. The van der Waals surface area contributed by atoms with E-state index in [4.69, 9.17) is 0 Å². The van der Waals surface area contributed by atoms with Gasteiger partial charge in [-0.05, 0) is 84.5 Å². The van der Waals surface area contributed by atoms with Crippen LogP contribution in [0.25, 0.3) is 0 Å². The van der Waals surface area contributed by atoms with E-state index in [9.17, 15) is 10.2 Å². The van der Waals surface area contributed by atoms with E-state index in [2.05, 4.69) is 19.9 Å². The summed E-state index contributed by atoms with van der Waals surface area (Å²) >= 11 is 0. The lowest BCUT2D eigenvalue weighted by Gasteiger charge is -2.52. The first kappa shape index (κ1) is 13.6. The maximum absolute atomic E-state index is 10.5. The minimum absolute atomic E-state index is 0.100. The van der Waals surface area contributed by atoms with Gasteiger partial charge in [-0.15, -0.1) is 0 Å². The minimum atomic E-state index is -0.100. The van der Waals surface area contributed by atoms with E-state index < -0.39 is 0 Å². The Morgan fingerprint density at radius 2 is 2.00 bits per heavy atom. The largest absolute Gasteiger partial charge is 0.508 e. The monoisotopic (exact) mass is 286 g/mol. The standard InChI is InChI=1S/C19H26O2/c1-11-9-12-10-13(20)3-4-14(12)15-7-8-19(2)16(18(11)15)5-6-17(19)21/h3-4,10-11,15-18,20-21H,5-9H2,1-2H3/t11?,15?,16?,17-,18+,19?/m0/s1. The van der Waals surface area contributed by atoms with E-state index in [1.54, 1.807) is 0 Å². The molecule has 0 spiro atoms. The second kappa shape index (κ2) is 4.49. The van der Waals surface area contributed by atoms with E-state index in [1.807, 2.05) is 12.1 Å². The molecule has 0 saturated heterocycles. The van der Waals surface area contributed by atoms with Crippen LogP contribution in [0.15, 0.2) is 18.2 Å². The van der Waals surface area contributed by atoms with Crippen LogP contribution in [0.1, 0.15) is 56.6 Å². The highest BCUT2D eigenvalue weighted by atomic mass is 16.3. The first-order valence-electron chi connectivity index (χ1n) is 8.50. The molecule has 0 aliphatic heterocycles. The number of aromatic hydroxyl groups is 1. The number of hydrogen-bond acceptors (Lipinski definition) is 2. The second-order valence-electron chi connectivity index (χ2n) is 7.99. The van der Waals surface area contributed by atoms with Crippen LogP contribution < -0.4 is 0 Å². The Morgan fingerprint density at radius 3 is 2.81 bits per heavy atom. The quantitative estimate of drug-likeness (QED) is 0.760. The number of aliphatic hydroxyl groups excluding tert-OH is 1. The minimum Gasteiger partial charge on any atom is -0.508 e. The van der Waals surface area contributed by atoms with Gasteiger partial charge in [0.1, 0.15) is 5.75 Å². The van der Waals surface area contributed by atoms with Crippen molar-refractivity contribution in [3.63, 3.8) is 0 Å². The van der Waals surface area contributed by atoms with Crippen LogP contribution in [0.3, 0.4) is 0 Å². The van der Waals surface area contributed by atoms with Gasteiger partial charge in [0.15, 0.2) is 0 Å². The molecule has 21 heavy (non-hydrogen) atoms. The first-order valence-corrected chi connectivity index (χ1v) is 8.50. The topological polar surface area (TPSA) is 40.5 Å². The van der Waals surface area contributed by atoms with Crippen molar-refractivity contribution in [2.75, 3.05) is 0 Å². The van der Waals surface area contributed by atoms with Crippen molar-refractivity contribution in [1.29, 1.82) is 0 Å². The molecule has 2 fully saturated rings. The zero-order valence-corrected chi connectivity index (χ0v) is 13.0. The van der Waals surface area contributed by atoms with E-state index in [1.165, 1.54) is 24.0 Å². The Labute approximate surface area is 127 Å². The molecule has 2 nitrogen and oxygen atoms in total. The zero-order chi connectivity index (χ0) is 14.8. The maximum Gasteiger partial charge on any atom is 0.115 e. The first-order chi connectivity index (χ1) is 10.0. The highest BCUT2D eigenvalue weighted by Gasteiger charge is 2.55. The van der Waals surface area contributed by atoms with Crippen molar-refractivity contribution in [3.8, 4) is 5.75 Å². The smallest absolute Gasteiger partial charge is 0.115 e. The SMILES string of the molecule is CC1Cc2cc(O)ccc2C2CCC3(C)C(CC[C@@H]3O)[C@H]12. The van der Waals surface area contributed by atoms with Crippen LogP contribution in [0, 0.1) is 23.2 Å². The Morgan fingerprint density at radius 1 is 1.19 bits per heavy atom. The van der Waals surface area contributed by atoms with Gasteiger partial charge in [-0.3, -0.25) is 0 Å². The molecule has 2 saturated carbocycles. The van der Waals surface area contributed by atoms with E-state index in [0.717, 1.165) is 19.3 Å². The van der Waals surface area contributed by atoms with Crippen molar-refractivity contribution in [2.45, 2.75) is 58.0 Å². The lowest BCUT2D eigenvalue weighted by Crippen LogP contribution is -2.46. The predicted molar refractivity (Wildman–Crippen MR) is 83.3 cm³/mol. The summed E-state index contributed by atoms with van der Waals surface area (Å²) in [5.41, 5.74) is 2.97. The van der Waals surface area contributed by atoms with Crippen molar-refractivity contribution in [1.82, 2.24) is 0 Å². The van der Waals surface area contributed by atoms with Crippen molar-refractivity contribution in [2.24, 2.45) is 23.2 Å². The fourth-order valence-electron chi connectivity index (χ4n) is 5.94. The predicted octanol–water partition coefficient (Wildman–Crippen LogP) is 3.86. The fourth-order valence-corrected chi connectivity index (χ4v) is 5.94. The van der Waals surface area contributed by atoms with Crippen LogP contribution in [-0.2, 0) is 6.42 Å². The Balaban J connectivity index is 1.76. The van der Waals surface area contributed by atoms with E-state index >= 15 is 0 Å². The van der Waals surface area contributed by atoms with Gasteiger partial charge in [-0.2, -0.15) is 0 Å². The Bertz CT molecular complexity index is 567. The number of hydrogen-bond donors (Lipinski definition) is 2. The van der Waals surface area contributed by atoms with Gasteiger partial charge in [-0.25, -0.2) is 0 Å². The molecule has 0 amide bonds. The van der Waals surface area contributed by atoms with Crippen molar-refractivity contribution >= 4 is 0 Å². The van der Waals surface area contributed by atoms with E-state index in [0.29, 0.717) is 29.4 Å². The van der Waals surface area contributed by atoms with Crippen LogP contribution >= 0.6 is 0 Å². The third kappa shape index (κ3) is 1.81. The molecule has 114 valence electrons. The molecular formula is C19H26O2. The number of phenolic OH excluding ortho intramolecular Hbond substituents is 1. The Kier molecular flexibility index (Phi) is 2.91. The van der Waals surface area contributed by atoms with Crippen LogP contribution in [0.5, 0.6) is 5.75 Å². The third-order valence-electron chi connectivity index (χ3n) is 7.01. The van der Waals surface area contributed by atoms with Crippen LogP contribution in [0.4, 0.5) is 0 Å². The molecule has 2 heteroatoms. The summed E-state index contributed by atoms with van der Waals surface area (Å²) in [7, 11) is 0. The molecule has 1 aromatic rings.